The Balaban J connectivity index is 1.42. The second kappa shape index (κ2) is 9.61. The number of sulfonamides is 1. The van der Waals surface area contributed by atoms with Gasteiger partial charge in [0, 0.05) is 18.7 Å². The van der Waals surface area contributed by atoms with Crippen LogP contribution in [0.25, 0.3) is 0 Å². The average molecular weight is 499 g/mol. The molecule has 0 spiro atoms. The van der Waals surface area contributed by atoms with Gasteiger partial charge in [-0.2, -0.15) is 0 Å². The predicted octanol–water partition coefficient (Wildman–Crippen LogP) is 2.83. The highest BCUT2D eigenvalue weighted by molar-refractivity contribution is 7.92. The molecule has 0 fully saturated rings. The van der Waals surface area contributed by atoms with Gasteiger partial charge in [-0.1, -0.05) is 13.3 Å². The number of ketones is 1. The number of nitrogens with zero attached hydrogens (tertiary/aromatic N) is 2. The molecule has 184 valence electrons. The number of carbonyl (C=O) groups excluding carboxylic acids is 4. The summed E-state index contributed by atoms with van der Waals surface area (Å²) in [6.45, 7) is 3.67. The van der Waals surface area contributed by atoms with Crippen molar-refractivity contribution in [3.8, 4) is 0 Å². The zero-order chi connectivity index (χ0) is 25.3. The lowest BCUT2D eigenvalue weighted by Crippen LogP contribution is -2.30. The van der Waals surface area contributed by atoms with Gasteiger partial charge in [-0.3, -0.25) is 23.6 Å². The number of unbranched alkanes of at least 4 members (excludes halogenated alkanes) is 1. The number of rotatable bonds is 9. The lowest BCUT2D eigenvalue weighted by molar-refractivity contribution is 0.0474. The van der Waals surface area contributed by atoms with Crippen LogP contribution in [-0.2, 0) is 21.2 Å². The summed E-state index contributed by atoms with van der Waals surface area (Å²) in [6, 6.07) is 8.89. The monoisotopic (exact) mass is 498 g/mol. The molecule has 0 aliphatic carbocycles. The van der Waals surface area contributed by atoms with E-state index in [1.54, 1.807) is 19.1 Å². The summed E-state index contributed by atoms with van der Waals surface area (Å²) < 4.78 is 31.0. The first kappa shape index (κ1) is 24.6. The maximum absolute atomic E-state index is 12.6. The van der Waals surface area contributed by atoms with Gasteiger partial charge in [0.05, 0.1) is 28.1 Å². The minimum atomic E-state index is -3.39. The third kappa shape index (κ3) is 4.58. The lowest BCUT2D eigenvalue weighted by Gasteiger charge is -2.18. The van der Waals surface area contributed by atoms with Crippen molar-refractivity contribution in [3.63, 3.8) is 0 Å². The van der Waals surface area contributed by atoms with E-state index >= 15 is 0 Å². The van der Waals surface area contributed by atoms with Gasteiger partial charge in [0.2, 0.25) is 10.0 Å². The average Bonchev–Trinajstić information content (AvgIpc) is 3.40. The van der Waals surface area contributed by atoms with Crippen LogP contribution in [0.15, 0.2) is 36.4 Å². The van der Waals surface area contributed by atoms with Crippen LogP contribution in [0.4, 0.5) is 5.69 Å². The third-order valence-corrected chi connectivity index (χ3v) is 8.01. The number of benzene rings is 2. The molecule has 0 saturated heterocycles. The summed E-state index contributed by atoms with van der Waals surface area (Å²) in [5, 5.41) is 0. The summed E-state index contributed by atoms with van der Waals surface area (Å²) in [6.07, 6.45) is 2.02. The highest BCUT2D eigenvalue weighted by Gasteiger charge is 2.35. The summed E-state index contributed by atoms with van der Waals surface area (Å²) in [5.74, 6) is -2.05. The number of fused-ring (bicyclic) bond motifs is 2. The summed E-state index contributed by atoms with van der Waals surface area (Å²) in [7, 11) is -3.39. The van der Waals surface area contributed by atoms with Gasteiger partial charge in [-0.15, -0.1) is 0 Å². The summed E-state index contributed by atoms with van der Waals surface area (Å²) in [5.41, 5.74) is 2.09. The van der Waals surface area contributed by atoms with Crippen molar-refractivity contribution in [2.45, 2.75) is 33.1 Å². The van der Waals surface area contributed by atoms with E-state index in [0.717, 1.165) is 12.0 Å². The van der Waals surface area contributed by atoms with Crippen LogP contribution in [-0.4, -0.2) is 62.3 Å². The zero-order valence-corrected chi connectivity index (χ0v) is 20.4. The van der Waals surface area contributed by atoms with E-state index in [2.05, 4.69) is 0 Å². The van der Waals surface area contributed by atoms with E-state index in [-0.39, 0.29) is 28.4 Å². The van der Waals surface area contributed by atoms with Crippen molar-refractivity contribution >= 4 is 39.3 Å². The van der Waals surface area contributed by atoms with Crippen LogP contribution in [0.1, 0.15) is 73.7 Å². The van der Waals surface area contributed by atoms with Crippen LogP contribution in [0.5, 0.6) is 0 Å². The normalized spacial score (nSPS) is 14.8. The molecule has 0 bridgehead atoms. The maximum Gasteiger partial charge on any atom is 0.338 e. The molecule has 2 heterocycles. The molecule has 2 aliphatic heterocycles. The molecule has 4 rings (SSSR count). The van der Waals surface area contributed by atoms with Gasteiger partial charge < -0.3 is 4.74 Å². The molecule has 0 radical (unpaired) electrons. The second-order valence-corrected chi connectivity index (χ2v) is 10.6. The number of Topliss-reactive ketones (excluding diaryl/α,β-unsaturated/α-hetero) is 1. The van der Waals surface area contributed by atoms with Crippen molar-refractivity contribution in [1.82, 2.24) is 4.90 Å². The van der Waals surface area contributed by atoms with E-state index in [1.165, 1.54) is 33.5 Å². The Morgan fingerprint density at radius 2 is 1.69 bits per heavy atom. The predicted molar refractivity (Wildman–Crippen MR) is 128 cm³/mol. The van der Waals surface area contributed by atoms with E-state index < -0.39 is 34.3 Å². The van der Waals surface area contributed by atoms with Gasteiger partial charge >= 0.3 is 5.97 Å². The van der Waals surface area contributed by atoms with Crippen molar-refractivity contribution in [2.24, 2.45) is 0 Å². The van der Waals surface area contributed by atoms with Crippen LogP contribution in [0.3, 0.4) is 0 Å². The SMILES string of the molecule is CCCCN1C(=O)c2ccc(C(=O)OCC(=O)c3ccc4c(c3)CCN4S(=O)(=O)CC)cc2C1=O. The molecular weight excluding hydrogens is 472 g/mol. The standard InChI is InChI=1S/C25H26N2O7S/c1-3-5-11-26-23(29)19-8-6-18(14-20(19)24(26)30)25(31)34-15-22(28)17-7-9-21-16(13-17)10-12-27(21)35(32,33)4-2/h6-9,13-14H,3-5,10-12,15H2,1-2H3. The first-order valence-corrected chi connectivity index (χ1v) is 13.1. The van der Waals surface area contributed by atoms with E-state index in [4.69, 9.17) is 4.74 Å². The van der Waals surface area contributed by atoms with E-state index in [0.29, 0.717) is 37.2 Å². The van der Waals surface area contributed by atoms with E-state index in [9.17, 15) is 27.6 Å². The van der Waals surface area contributed by atoms with Gasteiger partial charge in [0.15, 0.2) is 12.4 Å². The lowest BCUT2D eigenvalue weighted by atomic mass is 10.1. The first-order valence-electron chi connectivity index (χ1n) is 11.5. The molecule has 2 amide bonds. The van der Waals surface area contributed by atoms with Crippen molar-refractivity contribution in [3.05, 3.63) is 64.2 Å². The molecule has 2 aliphatic rings. The number of anilines is 1. The molecular formula is C25H26N2O7S. The number of amides is 2. The van der Waals surface area contributed by atoms with Gasteiger partial charge in [-0.05, 0) is 61.7 Å². The van der Waals surface area contributed by atoms with Crippen LogP contribution in [0, 0.1) is 0 Å². The molecule has 2 aromatic carbocycles. The molecule has 0 N–H and O–H groups in total. The zero-order valence-electron chi connectivity index (χ0n) is 19.6. The Labute approximate surface area is 203 Å². The summed E-state index contributed by atoms with van der Waals surface area (Å²) >= 11 is 0. The number of ether oxygens (including phenoxy) is 1. The minimum Gasteiger partial charge on any atom is -0.454 e. The van der Waals surface area contributed by atoms with Crippen LogP contribution in [0.2, 0.25) is 0 Å². The molecule has 0 aromatic heterocycles. The highest BCUT2D eigenvalue weighted by atomic mass is 32.2. The minimum absolute atomic E-state index is 0.0116. The molecule has 2 aromatic rings. The Bertz CT molecular complexity index is 1330. The maximum atomic E-state index is 12.6. The Morgan fingerprint density at radius 1 is 0.971 bits per heavy atom. The van der Waals surface area contributed by atoms with Crippen molar-refractivity contribution in [1.29, 1.82) is 0 Å². The van der Waals surface area contributed by atoms with Crippen molar-refractivity contribution < 1.29 is 32.3 Å². The fourth-order valence-electron chi connectivity index (χ4n) is 4.22. The number of carbonyl (C=O) groups is 4. The van der Waals surface area contributed by atoms with Crippen molar-refractivity contribution in [2.75, 3.05) is 29.8 Å². The number of hydrogen-bond donors (Lipinski definition) is 0. The molecule has 35 heavy (non-hydrogen) atoms. The fourth-order valence-corrected chi connectivity index (χ4v) is 5.38. The molecule has 9 nitrogen and oxygen atoms in total. The number of hydrogen-bond acceptors (Lipinski definition) is 7. The number of esters is 1. The highest BCUT2D eigenvalue weighted by Crippen LogP contribution is 2.31. The second-order valence-electron chi connectivity index (χ2n) is 8.44. The molecule has 0 unspecified atom stereocenters. The Morgan fingerprint density at radius 3 is 2.40 bits per heavy atom. The fraction of sp³-hybridized carbons (Fsp3) is 0.360. The number of imide groups is 1. The smallest absolute Gasteiger partial charge is 0.338 e. The first-order chi connectivity index (χ1) is 16.7. The van der Waals surface area contributed by atoms with Gasteiger partial charge in [0.1, 0.15) is 0 Å². The largest absolute Gasteiger partial charge is 0.454 e. The molecule has 0 saturated carbocycles. The quantitative estimate of drug-likeness (QED) is 0.296. The van der Waals surface area contributed by atoms with Gasteiger partial charge in [-0.25, -0.2) is 13.2 Å². The topological polar surface area (TPSA) is 118 Å². The third-order valence-electron chi connectivity index (χ3n) is 6.23. The molecule has 10 heteroatoms. The summed E-state index contributed by atoms with van der Waals surface area (Å²) in [4.78, 5) is 51.4. The Hall–Kier alpha value is -3.53. The van der Waals surface area contributed by atoms with Crippen LogP contribution >= 0.6 is 0 Å². The van der Waals surface area contributed by atoms with Gasteiger partial charge in [0.25, 0.3) is 11.8 Å². The Kier molecular flexibility index (Phi) is 6.75. The van der Waals surface area contributed by atoms with E-state index in [1.807, 2.05) is 6.92 Å². The molecule has 0 atom stereocenters. The van der Waals surface area contributed by atoms with Crippen LogP contribution < -0.4 is 4.31 Å².